The van der Waals surface area contributed by atoms with Crippen LogP contribution in [-0.4, -0.2) is 55.5 Å². The third-order valence-corrected chi connectivity index (χ3v) is 3.96. The third-order valence-electron chi connectivity index (χ3n) is 3.96. The zero-order valence-corrected chi connectivity index (χ0v) is 20.8. The number of aliphatic hydroxyl groups excluding tert-OH is 1. The quantitative estimate of drug-likeness (QED) is 0.296. The Kier molecular flexibility index (Phi) is 10.6. The molecule has 2 rings (SSSR count). The Labute approximate surface area is 199 Å². The maximum atomic E-state index is 12.4. The van der Waals surface area contributed by atoms with Gasteiger partial charge in [0.2, 0.25) is 0 Å². The second-order valence-electron chi connectivity index (χ2n) is 8.30. The second-order valence-corrected chi connectivity index (χ2v) is 9.76. The molecule has 0 saturated carbocycles. The molecular formula is C23H31NO9S. The lowest BCUT2D eigenvalue weighted by Crippen LogP contribution is -2.38. The third kappa shape index (κ3) is 11.8. The Morgan fingerprint density at radius 1 is 1.03 bits per heavy atom. The number of ether oxygens (including phenoxy) is 3. The lowest BCUT2D eigenvalue weighted by Gasteiger charge is -2.23. The summed E-state index contributed by atoms with van der Waals surface area (Å²) in [4.78, 5) is 23.9. The van der Waals surface area contributed by atoms with Gasteiger partial charge in [0.25, 0.3) is 10.1 Å². The van der Waals surface area contributed by atoms with Crippen molar-refractivity contribution in [2.75, 3.05) is 19.9 Å². The Hall–Kier alpha value is -2.99. The molecule has 0 amide bonds. The molecule has 0 fully saturated rings. The number of benzene rings is 2. The highest BCUT2D eigenvalue weighted by Gasteiger charge is 2.19. The average Bonchev–Trinajstić information content (AvgIpc) is 2.71. The minimum absolute atomic E-state index is 0.0617. The molecule has 34 heavy (non-hydrogen) atoms. The Balaban J connectivity index is 0.00000104. The smallest absolute Gasteiger partial charge is 0.343 e. The van der Waals surface area contributed by atoms with E-state index in [0.29, 0.717) is 29.7 Å². The molecule has 2 aromatic carbocycles. The highest BCUT2D eigenvalue weighted by molar-refractivity contribution is 7.85. The van der Waals surface area contributed by atoms with Crippen LogP contribution in [0.1, 0.15) is 49.7 Å². The lowest BCUT2D eigenvalue weighted by atomic mass is 10.1. The SMILES string of the molecule is COc1ccc(C(=O)Oc2ccc([C@@H](O)CNC(C)(C)C)cc2OC(C)=O)cc1.CS(=O)(=O)O. The fraction of sp³-hybridized carbons (Fsp3) is 0.391. The van der Waals surface area contributed by atoms with Crippen molar-refractivity contribution in [3.63, 3.8) is 0 Å². The van der Waals surface area contributed by atoms with Crippen LogP contribution in [0.3, 0.4) is 0 Å². The summed E-state index contributed by atoms with van der Waals surface area (Å²) in [5, 5.41) is 13.6. The maximum absolute atomic E-state index is 12.4. The van der Waals surface area contributed by atoms with Gasteiger partial charge >= 0.3 is 11.9 Å². The number of hydrogen-bond acceptors (Lipinski definition) is 9. The van der Waals surface area contributed by atoms with E-state index in [-0.39, 0.29) is 17.0 Å². The summed E-state index contributed by atoms with van der Waals surface area (Å²) in [6, 6.07) is 11.0. The molecule has 0 bridgehead atoms. The van der Waals surface area contributed by atoms with Crippen LogP contribution in [0.5, 0.6) is 17.2 Å². The van der Waals surface area contributed by atoms with E-state index >= 15 is 0 Å². The first-order valence-electron chi connectivity index (χ1n) is 10.1. The van der Waals surface area contributed by atoms with Gasteiger partial charge in [0.05, 0.1) is 25.0 Å². The fourth-order valence-electron chi connectivity index (χ4n) is 2.46. The summed E-state index contributed by atoms with van der Waals surface area (Å²) in [7, 11) is -2.13. The molecular weight excluding hydrogens is 466 g/mol. The lowest BCUT2D eigenvalue weighted by molar-refractivity contribution is -0.132. The predicted octanol–water partition coefficient (Wildman–Crippen LogP) is 2.77. The normalized spacial score (nSPS) is 12.1. The van der Waals surface area contributed by atoms with Gasteiger partial charge in [-0.2, -0.15) is 8.42 Å². The number of rotatable bonds is 7. The standard InChI is InChI=1S/C22H27NO6.CH4O3S/c1-14(24)28-20-12-16(18(25)13-23-22(2,3)4)8-11-19(20)29-21(26)15-6-9-17(27-5)10-7-15;1-5(2,3)4/h6-12,18,23,25H,13H2,1-5H3;1H3,(H,2,3,4)/t18-;/m0./s1. The molecule has 0 aliphatic heterocycles. The number of nitrogens with one attached hydrogen (secondary N) is 1. The minimum atomic E-state index is -3.67. The fourth-order valence-corrected chi connectivity index (χ4v) is 2.46. The molecule has 0 radical (unpaired) electrons. The van der Waals surface area contributed by atoms with Crippen molar-refractivity contribution >= 4 is 22.1 Å². The van der Waals surface area contributed by atoms with Gasteiger partial charge < -0.3 is 24.6 Å². The number of aliphatic hydroxyl groups is 1. The maximum Gasteiger partial charge on any atom is 0.343 e. The highest BCUT2D eigenvalue weighted by Crippen LogP contribution is 2.31. The van der Waals surface area contributed by atoms with Gasteiger partial charge in [0.15, 0.2) is 11.5 Å². The summed E-state index contributed by atoms with van der Waals surface area (Å²) in [5.74, 6) is -0.410. The van der Waals surface area contributed by atoms with E-state index in [2.05, 4.69) is 5.32 Å². The van der Waals surface area contributed by atoms with Crippen LogP contribution in [0.2, 0.25) is 0 Å². The van der Waals surface area contributed by atoms with Crippen LogP contribution in [0.25, 0.3) is 0 Å². The number of hydrogen-bond donors (Lipinski definition) is 3. The Morgan fingerprint density at radius 3 is 2.06 bits per heavy atom. The Bertz CT molecular complexity index is 1070. The summed E-state index contributed by atoms with van der Waals surface area (Å²) in [5.41, 5.74) is 0.688. The van der Waals surface area contributed by atoms with E-state index < -0.39 is 28.2 Å². The molecule has 1 atom stereocenters. The minimum Gasteiger partial charge on any atom is -0.497 e. The van der Waals surface area contributed by atoms with E-state index in [0.717, 1.165) is 0 Å². The molecule has 0 saturated heterocycles. The zero-order valence-electron chi connectivity index (χ0n) is 20.0. The van der Waals surface area contributed by atoms with Crippen LogP contribution in [0, 0.1) is 0 Å². The molecule has 0 aliphatic rings. The van der Waals surface area contributed by atoms with Crippen LogP contribution in [-0.2, 0) is 14.9 Å². The molecule has 0 aliphatic carbocycles. The van der Waals surface area contributed by atoms with E-state index in [1.165, 1.54) is 26.2 Å². The first-order valence-corrected chi connectivity index (χ1v) is 12.0. The number of carbonyl (C=O) groups is 2. The Morgan fingerprint density at radius 2 is 1.59 bits per heavy atom. The van der Waals surface area contributed by atoms with E-state index in [9.17, 15) is 23.1 Å². The number of esters is 2. The molecule has 11 heteroatoms. The van der Waals surface area contributed by atoms with E-state index in [1.54, 1.807) is 30.3 Å². The first kappa shape index (κ1) is 29.0. The number of methoxy groups -OCH3 is 1. The molecule has 0 spiro atoms. The first-order chi connectivity index (χ1) is 15.6. The van der Waals surface area contributed by atoms with Crippen molar-refractivity contribution in [2.24, 2.45) is 0 Å². The van der Waals surface area contributed by atoms with Gasteiger partial charge in [0, 0.05) is 19.0 Å². The van der Waals surface area contributed by atoms with E-state index in [4.69, 9.17) is 18.8 Å². The van der Waals surface area contributed by atoms with Crippen LogP contribution < -0.4 is 19.5 Å². The van der Waals surface area contributed by atoms with Crippen molar-refractivity contribution in [3.8, 4) is 17.2 Å². The second kappa shape index (κ2) is 12.5. The van der Waals surface area contributed by atoms with Crippen LogP contribution in [0.4, 0.5) is 0 Å². The average molecular weight is 498 g/mol. The zero-order chi connectivity index (χ0) is 26.1. The van der Waals surface area contributed by atoms with Crippen LogP contribution in [0.15, 0.2) is 42.5 Å². The van der Waals surface area contributed by atoms with Crippen molar-refractivity contribution in [2.45, 2.75) is 39.3 Å². The summed E-state index contributed by atoms with van der Waals surface area (Å²) in [6.45, 7) is 7.54. The van der Waals surface area contributed by atoms with E-state index in [1.807, 2.05) is 20.8 Å². The van der Waals surface area contributed by atoms with Crippen molar-refractivity contribution in [1.29, 1.82) is 0 Å². The summed E-state index contributed by atoms with van der Waals surface area (Å²) < 4.78 is 41.5. The largest absolute Gasteiger partial charge is 0.497 e. The molecule has 3 N–H and O–H groups in total. The molecule has 2 aromatic rings. The number of carbonyl (C=O) groups excluding carboxylic acids is 2. The molecule has 0 heterocycles. The highest BCUT2D eigenvalue weighted by atomic mass is 32.2. The van der Waals surface area contributed by atoms with Gasteiger partial charge in [-0.25, -0.2) is 4.79 Å². The monoisotopic (exact) mass is 497 g/mol. The van der Waals surface area contributed by atoms with Crippen molar-refractivity contribution in [1.82, 2.24) is 5.32 Å². The summed E-state index contributed by atoms with van der Waals surface area (Å²) >= 11 is 0. The summed E-state index contributed by atoms with van der Waals surface area (Å²) in [6.07, 6.45) is -0.109. The van der Waals surface area contributed by atoms with Gasteiger partial charge in [-0.3, -0.25) is 9.35 Å². The van der Waals surface area contributed by atoms with Crippen molar-refractivity contribution < 1.29 is 41.9 Å². The van der Waals surface area contributed by atoms with Gasteiger partial charge in [-0.05, 0) is 62.7 Å². The van der Waals surface area contributed by atoms with Crippen molar-refractivity contribution in [3.05, 3.63) is 53.6 Å². The molecule has 10 nitrogen and oxygen atoms in total. The molecule has 0 aromatic heterocycles. The van der Waals surface area contributed by atoms with Gasteiger partial charge in [-0.1, -0.05) is 6.07 Å². The molecule has 188 valence electrons. The topological polar surface area (TPSA) is 148 Å². The predicted molar refractivity (Wildman–Crippen MR) is 126 cm³/mol. The number of β-amino-alcohol motifs (C(OH)–C–C–N with tert-alkyl or cyclic N) is 1. The van der Waals surface area contributed by atoms with Crippen LogP contribution >= 0.6 is 0 Å². The van der Waals surface area contributed by atoms with Gasteiger partial charge in [-0.15, -0.1) is 0 Å². The van der Waals surface area contributed by atoms with Gasteiger partial charge in [0.1, 0.15) is 5.75 Å². The molecule has 0 unspecified atom stereocenters.